The van der Waals surface area contributed by atoms with Crippen molar-refractivity contribution in [3.63, 3.8) is 0 Å². The number of hydrogen-bond donors (Lipinski definition) is 0. The molecule has 0 spiro atoms. The van der Waals surface area contributed by atoms with Crippen LogP contribution in [0.25, 0.3) is 0 Å². The van der Waals surface area contributed by atoms with Gasteiger partial charge in [0.1, 0.15) is 9.84 Å². The second-order valence-electron chi connectivity index (χ2n) is 4.25. The second kappa shape index (κ2) is 5.79. The zero-order valence-corrected chi connectivity index (χ0v) is 12.8. The fourth-order valence-electron chi connectivity index (χ4n) is 1.48. The van der Waals surface area contributed by atoms with Crippen LogP contribution in [0.15, 0.2) is 22.9 Å². The summed E-state index contributed by atoms with van der Waals surface area (Å²) in [6, 6.07) is 1.27. The highest BCUT2D eigenvalue weighted by atomic mass is 79.9. The van der Waals surface area contributed by atoms with E-state index in [2.05, 4.69) is 20.9 Å². The molecule has 0 aliphatic heterocycles. The average Bonchev–Trinajstić information content (AvgIpc) is 2.24. The van der Waals surface area contributed by atoms with Crippen LogP contribution in [0.3, 0.4) is 0 Å². The maximum atomic E-state index is 12.1. The summed E-state index contributed by atoms with van der Waals surface area (Å²) in [4.78, 5) is 17.4. The maximum Gasteiger partial charge on any atom is 0.255 e. The summed E-state index contributed by atoms with van der Waals surface area (Å²) in [5, 5.41) is 0. The van der Waals surface area contributed by atoms with Crippen molar-refractivity contribution >= 4 is 31.7 Å². The molecule has 0 saturated carbocycles. The Morgan fingerprint density at radius 2 is 2.11 bits per heavy atom. The van der Waals surface area contributed by atoms with Gasteiger partial charge in [0.05, 0.1) is 11.3 Å². The van der Waals surface area contributed by atoms with E-state index in [1.54, 1.807) is 26.2 Å². The Hall–Kier alpha value is -0.950. The number of halogens is 1. The zero-order chi connectivity index (χ0) is 13.9. The van der Waals surface area contributed by atoms with Gasteiger partial charge in [0.2, 0.25) is 0 Å². The highest BCUT2D eigenvalue weighted by molar-refractivity contribution is 9.10. The van der Waals surface area contributed by atoms with Crippen molar-refractivity contribution in [2.24, 2.45) is 0 Å². The minimum Gasteiger partial charge on any atom is -0.338 e. The van der Waals surface area contributed by atoms with E-state index < -0.39 is 9.84 Å². The van der Waals surface area contributed by atoms with Gasteiger partial charge in [-0.1, -0.05) is 0 Å². The lowest BCUT2D eigenvalue weighted by Gasteiger charge is -2.24. The van der Waals surface area contributed by atoms with Gasteiger partial charge in [-0.15, -0.1) is 0 Å². The molecule has 1 aromatic rings. The van der Waals surface area contributed by atoms with Gasteiger partial charge >= 0.3 is 0 Å². The molecule has 7 heteroatoms. The summed E-state index contributed by atoms with van der Waals surface area (Å²) in [6.07, 6.45) is 4.19. The lowest BCUT2D eigenvalue weighted by Crippen LogP contribution is -2.39. The fourth-order valence-corrected chi connectivity index (χ4v) is 2.95. The van der Waals surface area contributed by atoms with Crippen LogP contribution in [-0.4, -0.2) is 49.3 Å². The quantitative estimate of drug-likeness (QED) is 0.833. The first kappa shape index (κ1) is 15.1. The molecular weight excluding hydrogens is 320 g/mol. The first-order valence-electron chi connectivity index (χ1n) is 5.26. The Bertz CT molecular complexity index is 545. The molecule has 18 heavy (non-hydrogen) atoms. The van der Waals surface area contributed by atoms with Crippen molar-refractivity contribution in [1.29, 1.82) is 0 Å². The smallest absolute Gasteiger partial charge is 0.255 e. The van der Waals surface area contributed by atoms with Crippen molar-refractivity contribution in [2.45, 2.75) is 13.0 Å². The Labute approximate surface area is 115 Å². The van der Waals surface area contributed by atoms with Crippen molar-refractivity contribution in [2.75, 3.05) is 19.1 Å². The third kappa shape index (κ3) is 4.38. The highest BCUT2D eigenvalue weighted by Crippen LogP contribution is 2.12. The number of aromatic nitrogens is 1. The summed E-state index contributed by atoms with van der Waals surface area (Å²) in [7, 11) is -1.53. The van der Waals surface area contributed by atoms with Crippen molar-refractivity contribution < 1.29 is 13.2 Å². The van der Waals surface area contributed by atoms with Gasteiger partial charge in [-0.25, -0.2) is 8.42 Å². The lowest BCUT2D eigenvalue weighted by atomic mass is 10.2. The zero-order valence-electron chi connectivity index (χ0n) is 10.4. The molecule has 0 fully saturated rings. The molecule has 1 rings (SSSR count). The topological polar surface area (TPSA) is 67.3 Å². The van der Waals surface area contributed by atoms with E-state index in [-0.39, 0.29) is 17.7 Å². The van der Waals surface area contributed by atoms with Crippen LogP contribution in [0.4, 0.5) is 0 Å². The van der Waals surface area contributed by atoms with Crippen molar-refractivity contribution in [3.05, 3.63) is 28.5 Å². The molecule has 0 aliphatic carbocycles. The predicted molar refractivity (Wildman–Crippen MR) is 73.2 cm³/mol. The van der Waals surface area contributed by atoms with E-state index in [1.165, 1.54) is 11.1 Å². The maximum absolute atomic E-state index is 12.1. The molecule has 1 unspecified atom stereocenters. The highest BCUT2D eigenvalue weighted by Gasteiger charge is 2.21. The summed E-state index contributed by atoms with van der Waals surface area (Å²) in [6.45, 7) is 1.70. The number of rotatable bonds is 4. The summed E-state index contributed by atoms with van der Waals surface area (Å²) in [5.41, 5.74) is 0.423. The summed E-state index contributed by atoms with van der Waals surface area (Å²) in [5.74, 6) is -0.309. The van der Waals surface area contributed by atoms with Crippen LogP contribution in [0, 0.1) is 0 Å². The summed E-state index contributed by atoms with van der Waals surface area (Å²) >= 11 is 3.24. The van der Waals surface area contributed by atoms with Crippen LogP contribution < -0.4 is 0 Å². The molecule has 0 radical (unpaired) electrons. The van der Waals surface area contributed by atoms with Gasteiger partial charge in [0.25, 0.3) is 5.91 Å². The van der Waals surface area contributed by atoms with Crippen LogP contribution in [0.5, 0.6) is 0 Å². The SMILES string of the molecule is CC(CS(C)(=O)=O)N(C)C(=O)c1cncc(Br)c1. The number of carbonyl (C=O) groups is 1. The number of nitrogens with zero attached hydrogens (tertiary/aromatic N) is 2. The number of sulfone groups is 1. The van der Waals surface area contributed by atoms with Gasteiger partial charge < -0.3 is 4.90 Å². The molecule has 100 valence electrons. The van der Waals surface area contributed by atoms with Crippen LogP contribution in [-0.2, 0) is 9.84 Å². The van der Waals surface area contributed by atoms with Crippen molar-refractivity contribution in [3.8, 4) is 0 Å². The monoisotopic (exact) mass is 334 g/mol. The Kier molecular flexibility index (Phi) is 4.86. The molecule has 1 heterocycles. The first-order valence-corrected chi connectivity index (χ1v) is 8.11. The largest absolute Gasteiger partial charge is 0.338 e. The normalized spacial score (nSPS) is 13.1. The van der Waals surface area contributed by atoms with Crippen LogP contribution in [0.2, 0.25) is 0 Å². The molecule has 0 bridgehead atoms. The molecule has 5 nitrogen and oxygen atoms in total. The van der Waals surface area contributed by atoms with E-state index in [1.807, 2.05) is 0 Å². The van der Waals surface area contributed by atoms with Gasteiger partial charge in [-0.05, 0) is 28.9 Å². The molecule has 0 N–H and O–H groups in total. The minimum absolute atomic E-state index is 0.0589. The Morgan fingerprint density at radius 3 is 2.61 bits per heavy atom. The van der Waals surface area contributed by atoms with E-state index in [0.29, 0.717) is 10.0 Å². The Balaban J connectivity index is 2.84. The molecule has 0 saturated heterocycles. The van der Waals surface area contributed by atoms with E-state index in [0.717, 1.165) is 6.26 Å². The molecule has 1 aromatic heterocycles. The fraction of sp³-hybridized carbons (Fsp3) is 0.455. The molecule has 0 aromatic carbocycles. The second-order valence-corrected chi connectivity index (χ2v) is 7.35. The molecular formula is C11H15BrN2O3S. The standard InChI is InChI=1S/C11H15BrN2O3S/c1-8(7-18(3,16)17)14(2)11(15)9-4-10(12)6-13-5-9/h4-6,8H,7H2,1-3H3. The Morgan fingerprint density at radius 1 is 1.50 bits per heavy atom. The average molecular weight is 335 g/mol. The lowest BCUT2D eigenvalue weighted by molar-refractivity contribution is 0.0756. The minimum atomic E-state index is -3.11. The number of pyridine rings is 1. The molecule has 1 atom stereocenters. The van der Waals surface area contributed by atoms with Crippen LogP contribution >= 0.6 is 15.9 Å². The first-order chi connectivity index (χ1) is 8.20. The summed E-state index contributed by atoms with van der Waals surface area (Å²) < 4.78 is 23.1. The number of amides is 1. The predicted octanol–water partition coefficient (Wildman–Crippen LogP) is 1.35. The van der Waals surface area contributed by atoms with Gasteiger partial charge in [0, 0.05) is 36.2 Å². The van der Waals surface area contributed by atoms with E-state index in [4.69, 9.17) is 0 Å². The van der Waals surface area contributed by atoms with E-state index >= 15 is 0 Å². The van der Waals surface area contributed by atoms with Crippen molar-refractivity contribution in [1.82, 2.24) is 9.88 Å². The van der Waals surface area contributed by atoms with E-state index in [9.17, 15) is 13.2 Å². The third-order valence-electron chi connectivity index (χ3n) is 2.48. The van der Waals surface area contributed by atoms with Gasteiger partial charge in [-0.3, -0.25) is 9.78 Å². The van der Waals surface area contributed by atoms with Gasteiger partial charge in [-0.2, -0.15) is 0 Å². The van der Waals surface area contributed by atoms with Crippen LogP contribution in [0.1, 0.15) is 17.3 Å². The number of hydrogen-bond acceptors (Lipinski definition) is 4. The number of carbonyl (C=O) groups excluding carboxylic acids is 1. The molecule has 0 aliphatic rings. The third-order valence-corrected chi connectivity index (χ3v) is 4.00. The molecule has 1 amide bonds. The van der Waals surface area contributed by atoms with Gasteiger partial charge in [0.15, 0.2) is 0 Å².